The molecule has 0 radical (unpaired) electrons. The molecule has 0 amide bonds. The molecular weight excluding hydrogens is 220 g/mol. The van der Waals surface area contributed by atoms with E-state index >= 15 is 0 Å². The number of benzene rings is 1. The van der Waals surface area contributed by atoms with E-state index in [-0.39, 0.29) is 5.78 Å². The molecule has 17 heavy (non-hydrogen) atoms. The molecule has 0 bridgehead atoms. The Morgan fingerprint density at radius 1 is 1.18 bits per heavy atom. The van der Waals surface area contributed by atoms with Crippen LogP contribution in [-0.4, -0.2) is 26.0 Å². The summed E-state index contributed by atoms with van der Waals surface area (Å²) in [6.07, 6.45) is 0.353. The Hall–Kier alpha value is -1.84. The van der Waals surface area contributed by atoms with Gasteiger partial charge in [-0.3, -0.25) is 9.59 Å². The number of rotatable bonds is 5. The number of Topliss-reactive ketones (excluding diaryl/α,β-unsaturated/α-hetero) is 1. The smallest absolute Gasteiger partial charge is 0.316 e. The summed E-state index contributed by atoms with van der Waals surface area (Å²) in [7, 11) is 2.87. The number of esters is 1. The van der Waals surface area contributed by atoms with Gasteiger partial charge in [-0.15, -0.1) is 0 Å². The van der Waals surface area contributed by atoms with Gasteiger partial charge in [0.2, 0.25) is 0 Å². The fourth-order valence-corrected chi connectivity index (χ4v) is 1.53. The van der Waals surface area contributed by atoms with Crippen LogP contribution in [0.3, 0.4) is 0 Å². The number of carbonyl (C=O) groups is 2. The Morgan fingerprint density at radius 2 is 1.76 bits per heavy atom. The molecule has 1 rings (SSSR count). The molecule has 0 heterocycles. The van der Waals surface area contributed by atoms with Crippen molar-refractivity contribution in [2.75, 3.05) is 14.2 Å². The zero-order valence-corrected chi connectivity index (χ0v) is 10.2. The first-order valence-electron chi connectivity index (χ1n) is 5.29. The van der Waals surface area contributed by atoms with E-state index in [0.29, 0.717) is 6.42 Å². The average molecular weight is 236 g/mol. The molecule has 0 aliphatic heterocycles. The second-order valence-corrected chi connectivity index (χ2v) is 3.74. The van der Waals surface area contributed by atoms with E-state index in [1.54, 1.807) is 19.2 Å². The van der Waals surface area contributed by atoms with Gasteiger partial charge in [0, 0.05) is 0 Å². The average Bonchev–Trinajstić information content (AvgIpc) is 2.35. The molecule has 1 aromatic rings. The maximum absolute atomic E-state index is 11.4. The van der Waals surface area contributed by atoms with Gasteiger partial charge >= 0.3 is 5.97 Å². The molecule has 4 nitrogen and oxygen atoms in total. The van der Waals surface area contributed by atoms with Crippen molar-refractivity contribution in [3.05, 3.63) is 29.8 Å². The maximum Gasteiger partial charge on any atom is 0.316 e. The molecule has 0 spiro atoms. The third-order valence-corrected chi connectivity index (χ3v) is 2.58. The van der Waals surface area contributed by atoms with Gasteiger partial charge in [0.05, 0.1) is 14.2 Å². The molecule has 0 aliphatic rings. The number of hydrogen-bond donors (Lipinski definition) is 0. The topological polar surface area (TPSA) is 52.6 Å². The molecule has 4 heteroatoms. The Labute approximate surface area is 101 Å². The number of ether oxygens (including phenoxy) is 2. The van der Waals surface area contributed by atoms with Crippen molar-refractivity contribution in [1.29, 1.82) is 0 Å². The minimum Gasteiger partial charge on any atom is -0.497 e. The molecule has 1 aromatic carbocycles. The molecule has 1 unspecified atom stereocenters. The van der Waals surface area contributed by atoms with Crippen molar-refractivity contribution in [2.45, 2.75) is 13.3 Å². The minimum atomic E-state index is -0.728. The van der Waals surface area contributed by atoms with Crippen molar-refractivity contribution < 1.29 is 19.1 Å². The quantitative estimate of drug-likeness (QED) is 0.575. The van der Waals surface area contributed by atoms with E-state index in [9.17, 15) is 9.59 Å². The van der Waals surface area contributed by atoms with Crippen LogP contribution in [0.2, 0.25) is 0 Å². The number of ketones is 1. The summed E-state index contributed by atoms with van der Waals surface area (Å²) < 4.78 is 9.64. The standard InChI is InChI=1S/C13H16O4/c1-9(14)12(13(15)17-3)8-10-4-6-11(16-2)7-5-10/h4-7,12H,8H2,1-3H3. The van der Waals surface area contributed by atoms with E-state index in [2.05, 4.69) is 4.74 Å². The first kappa shape index (κ1) is 13.2. The maximum atomic E-state index is 11.4. The minimum absolute atomic E-state index is 0.187. The lowest BCUT2D eigenvalue weighted by Crippen LogP contribution is -2.25. The predicted molar refractivity (Wildman–Crippen MR) is 62.9 cm³/mol. The Balaban J connectivity index is 2.79. The van der Waals surface area contributed by atoms with Gasteiger partial charge in [0.25, 0.3) is 0 Å². The SMILES string of the molecule is COC(=O)C(Cc1ccc(OC)cc1)C(C)=O. The van der Waals surface area contributed by atoms with Crippen molar-refractivity contribution in [3.8, 4) is 5.75 Å². The zero-order valence-electron chi connectivity index (χ0n) is 10.2. The molecule has 0 aromatic heterocycles. The summed E-state index contributed by atoms with van der Waals surface area (Å²) in [5.74, 6) is -0.666. The molecule has 0 saturated heterocycles. The number of carbonyl (C=O) groups excluding carboxylic acids is 2. The van der Waals surface area contributed by atoms with Crippen molar-refractivity contribution >= 4 is 11.8 Å². The lowest BCUT2D eigenvalue weighted by atomic mass is 9.96. The van der Waals surface area contributed by atoms with Crippen LogP contribution in [0.5, 0.6) is 5.75 Å². The van der Waals surface area contributed by atoms with Crippen molar-refractivity contribution in [3.63, 3.8) is 0 Å². The normalized spacial score (nSPS) is 11.7. The van der Waals surface area contributed by atoms with E-state index in [4.69, 9.17) is 4.74 Å². The molecule has 0 N–H and O–H groups in total. The van der Waals surface area contributed by atoms with Crippen LogP contribution >= 0.6 is 0 Å². The second-order valence-electron chi connectivity index (χ2n) is 3.74. The monoisotopic (exact) mass is 236 g/mol. The number of methoxy groups -OCH3 is 2. The van der Waals surface area contributed by atoms with Crippen LogP contribution in [0.1, 0.15) is 12.5 Å². The van der Waals surface area contributed by atoms with E-state index in [1.807, 2.05) is 12.1 Å². The van der Waals surface area contributed by atoms with Gasteiger partial charge in [-0.2, -0.15) is 0 Å². The first-order chi connectivity index (χ1) is 8.08. The van der Waals surface area contributed by atoms with Gasteiger partial charge in [0.1, 0.15) is 17.5 Å². The van der Waals surface area contributed by atoms with Crippen LogP contribution in [-0.2, 0) is 20.7 Å². The lowest BCUT2D eigenvalue weighted by Gasteiger charge is -2.11. The van der Waals surface area contributed by atoms with Gasteiger partial charge < -0.3 is 9.47 Å². The highest BCUT2D eigenvalue weighted by molar-refractivity contribution is 5.97. The Kier molecular flexibility index (Phi) is 4.69. The summed E-state index contributed by atoms with van der Waals surface area (Å²) >= 11 is 0. The van der Waals surface area contributed by atoms with Gasteiger partial charge in [-0.05, 0) is 31.0 Å². The molecule has 0 aliphatic carbocycles. The third kappa shape index (κ3) is 3.59. The molecule has 0 saturated carbocycles. The molecule has 0 fully saturated rings. The highest BCUT2D eigenvalue weighted by Gasteiger charge is 2.24. The first-order valence-corrected chi connectivity index (χ1v) is 5.29. The predicted octanol–water partition coefficient (Wildman–Crippen LogP) is 1.62. The van der Waals surface area contributed by atoms with Crippen LogP contribution in [0, 0.1) is 5.92 Å². The van der Waals surface area contributed by atoms with E-state index in [0.717, 1.165) is 11.3 Å². The van der Waals surface area contributed by atoms with E-state index in [1.165, 1.54) is 14.0 Å². The van der Waals surface area contributed by atoms with Crippen LogP contribution in [0.15, 0.2) is 24.3 Å². The Bertz CT molecular complexity index is 394. The van der Waals surface area contributed by atoms with Gasteiger partial charge in [-0.25, -0.2) is 0 Å². The zero-order chi connectivity index (χ0) is 12.8. The molecule has 1 atom stereocenters. The Morgan fingerprint density at radius 3 is 2.18 bits per heavy atom. The van der Waals surface area contributed by atoms with Crippen molar-refractivity contribution in [2.24, 2.45) is 5.92 Å². The van der Waals surface area contributed by atoms with E-state index < -0.39 is 11.9 Å². The van der Waals surface area contributed by atoms with Crippen molar-refractivity contribution in [1.82, 2.24) is 0 Å². The fourth-order valence-electron chi connectivity index (χ4n) is 1.53. The third-order valence-electron chi connectivity index (χ3n) is 2.58. The largest absolute Gasteiger partial charge is 0.497 e. The fraction of sp³-hybridized carbons (Fsp3) is 0.385. The van der Waals surface area contributed by atoms with Gasteiger partial charge in [-0.1, -0.05) is 12.1 Å². The van der Waals surface area contributed by atoms with Crippen LogP contribution in [0.4, 0.5) is 0 Å². The lowest BCUT2D eigenvalue weighted by molar-refractivity contribution is -0.148. The van der Waals surface area contributed by atoms with Gasteiger partial charge in [0.15, 0.2) is 0 Å². The summed E-state index contributed by atoms with van der Waals surface area (Å²) in [6, 6.07) is 7.25. The summed E-state index contributed by atoms with van der Waals surface area (Å²) in [4.78, 5) is 22.8. The van der Waals surface area contributed by atoms with Crippen LogP contribution < -0.4 is 4.74 Å². The summed E-state index contributed by atoms with van der Waals surface area (Å²) in [6.45, 7) is 1.39. The summed E-state index contributed by atoms with van der Waals surface area (Å²) in [5.41, 5.74) is 0.899. The highest BCUT2D eigenvalue weighted by atomic mass is 16.5. The number of hydrogen-bond acceptors (Lipinski definition) is 4. The second kappa shape index (κ2) is 6.03. The summed E-state index contributed by atoms with van der Waals surface area (Å²) in [5, 5.41) is 0. The van der Waals surface area contributed by atoms with Crippen LogP contribution in [0.25, 0.3) is 0 Å². The molecular formula is C13H16O4. The molecule has 92 valence electrons. The highest BCUT2D eigenvalue weighted by Crippen LogP contribution is 2.16.